The van der Waals surface area contributed by atoms with E-state index in [0.29, 0.717) is 43.9 Å². The molecule has 1 fully saturated rings. The van der Waals surface area contributed by atoms with E-state index in [4.69, 9.17) is 31.5 Å². The molecule has 0 aliphatic carbocycles. The number of ether oxygens (including phenoxy) is 3. The van der Waals surface area contributed by atoms with Gasteiger partial charge in [0.2, 0.25) is 11.8 Å². The molecule has 13 heteroatoms. The van der Waals surface area contributed by atoms with E-state index in [-0.39, 0.29) is 46.9 Å². The molecule has 1 saturated heterocycles. The van der Waals surface area contributed by atoms with Crippen molar-refractivity contribution in [3.63, 3.8) is 0 Å². The van der Waals surface area contributed by atoms with E-state index < -0.39 is 11.9 Å². The van der Waals surface area contributed by atoms with Gasteiger partial charge in [-0.1, -0.05) is 11.6 Å². The fourth-order valence-electron chi connectivity index (χ4n) is 4.08. The van der Waals surface area contributed by atoms with E-state index in [9.17, 15) is 14.4 Å². The summed E-state index contributed by atoms with van der Waals surface area (Å²) >= 11 is 6.05. The molecular formula is C26H35ClN6O6. The minimum absolute atomic E-state index is 0.0699. The van der Waals surface area contributed by atoms with Crippen LogP contribution in [0.15, 0.2) is 30.3 Å². The lowest BCUT2D eigenvalue weighted by Gasteiger charge is -2.37. The van der Waals surface area contributed by atoms with Gasteiger partial charge in [-0.05, 0) is 50.8 Å². The number of carbonyl (C=O) groups is 3. The Balaban J connectivity index is 1.51. The maximum Gasteiger partial charge on any atom is 0.338 e. The zero-order valence-corrected chi connectivity index (χ0v) is 23.3. The van der Waals surface area contributed by atoms with Gasteiger partial charge in [-0.2, -0.15) is 4.98 Å². The Bertz CT molecular complexity index is 1160. The number of amides is 2. The number of aromatic nitrogens is 1. The predicted octanol–water partition coefficient (Wildman–Crippen LogP) is 1.50. The number of nitrogen functional groups attached to an aromatic ring is 1. The second-order valence-corrected chi connectivity index (χ2v) is 9.76. The van der Waals surface area contributed by atoms with Crippen LogP contribution in [0, 0.1) is 0 Å². The first-order valence-corrected chi connectivity index (χ1v) is 12.8. The number of pyridine rings is 1. The highest BCUT2D eigenvalue weighted by Gasteiger charge is 2.32. The summed E-state index contributed by atoms with van der Waals surface area (Å²) in [5, 5.41) is 5.95. The molecule has 212 valence electrons. The fourth-order valence-corrected chi connectivity index (χ4v) is 4.23. The molecule has 0 radical (unpaired) electrons. The number of rotatable bonds is 11. The smallest absolute Gasteiger partial charge is 0.338 e. The SMILES string of the molecule is COc1nc(N)c(Cl)cc1C(=O)N[C@H]1CCN(CC(=O)Nc2ccc(C(=O)OCCN(C)C)cc2)C[C@@H]1OC. The number of carbonyl (C=O) groups excluding carboxylic acids is 3. The van der Waals surface area contributed by atoms with Crippen LogP contribution in [0.1, 0.15) is 27.1 Å². The van der Waals surface area contributed by atoms with Crippen molar-refractivity contribution in [3.8, 4) is 5.88 Å². The number of nitrogens with one attached hydrogen (secondary N) is 2. The monoisotopic (exact) mass is 562 g/mol. The number of hydrogen-bond acceptors (Lipinski definition) is 10. The van der Waals surface area contributed by atoms with Crippen LogP contribution in [0.5, 0.6) is 5.88 Å². The molecule has 0 spiro atoms. The largest absolute Gasteiger partial charge is 0.480 e. The average molecular weight is 563 g/mol. The number of nitrogens with zero attached hydrogens (tertiary/aromatic N) is 3. The van der Waals surface area contributed by atoms with Gasteiger partial charge in [0.05, 0.1) is 36.4 Å². The standard InChI is InChI=1S/C26H35ClN6O6/c1-32(2)11-12-39-26(36)16-5-7-17(8-6-16)29-22(34)15-33-10-9-20(21(14-33)37-3)30-24(35)18-13-19(27)23(28)31-25(18)38-4/h5-8,13,20-21H,9-12,14-15H2,1-4H3,(H2,28,31)(H,29,34)(H,30,35)/t20-,21-/m0/s1. The summed E-state index contributed by atoms with van der Waals surface area (Å²) in [4.78, 5) is 45.6. The predicted molar refractivity (Wildman–Crippen MR) is 147 cm³/mol. The van der Waals surface area contributed by atoms with Gasteiger partial charge in [-0.25, -0.2) is 4.79 Å². The molecule has 2 amide bonds. The van der Waals surface area contributed by atoms with Crippen molar-refractivity contribution in [3.05, 3.63) is 46.5 Å². The van der Waals surface area contributed by atoms with Gasteiger partial charge in [0, 0.05) is 32.4 Å². The van der Waals surface area contributed by atoms with Crippen LogP contribution in [0.2, 0.25) is 5.02 Å². The second kappa shape index (κ2) is 14.1. The molecule has 1 aromatic heterocycles. The zero-order valence-electron chi connectivity index (χ0n) is 22.5. The Kier molecular flexibility index (Phi) is 10.9. The van der Waals surface area contributed by atoms with Crippen LogP contribution in [-0.4, -0.2) is 106 Å². The molecule has 3 rings (SSSR count). The highest BCUT2D eigenvalue weighted by molar-refractivity contribution is 6.33. The van der Waals surface area contributed by atoms with Crippen molar-refractivity contribution >= 4 is 40.9 Å². The third-order valence-electron chi connectivity index (χ3n) is 6.21. The second-order valence-electron chi connectivity index (χ2n) is 9.35. The number of hydrogen-bond donors (Lipinski definition) is 3. The van der Waals surface area contributed by atoms with Crippen LogP contribution in [0.25, 0.3) is 0 Å². The summed E-state index contributed by atoms with van der Waals surface area (Å²) in [6, 6.07) is 7.66. The van der Waals surface area contributed by atoms with Crippen LogP contribution in [0.4, 0.5) is 11.5 Å². The van der Waals surface area contributed by atoms with Gasteiger partial charge in [-0.15, -0.1) is 0 Å². The molecule has 39 heavy (non-hydrogen) atoms. The minimum Gasteiger partial charge on any atom is -0.480 e. The van der Waals surface area contributed by atoms with Gasteiger partial charge in [-0.3, -0.25) is 14.5 Å². The van der Waals surface area contributed by atoms with Gasteiger partial charge < -0.3 is 35.5 Å². The molecule has 1 aliphatic rings. The van der Waals surface area contributed by atoms with Crippen molar-refractivity contribution in [1.29, 1.82) is 0 Å². The summed E-state index contributed by atoms with van der Waals surface area (Å²) in [7, 11) is 6.75. The first-order chi connectivity index (χ1) is 18.6. The fraction of sp³-hybridized carbons (Fsp3) is 0.462. The maximum absolute atomic E-state index is 12.9. The molecule has 12 nitrogen and oxygen atoms in total. The molecule has 2 heterocycles. The van der Waals surface area contributed by atoms with Gasteiger partial charge in [0.25, 0.3) is 5.91 Å². The topological polar surface area (TPSA) is 148 Å². The number of methoxy groups -OCH3 is 2. The Morgan fingerprint density at radius 1 is 1.21 bits per heavy atom. The maximum atomic E-state index is 12.9. The lowest BCUT2D eigenvalue weighted by molar-refractivity contribution is -0.118. The Morgan fingerprint density at radius 2 is 1.92 bits per heavy atom. The number of esters is 1. The molecule has 1 aliphatic heterocycles. The number of benzene rings is 1. The minimum atomic E-state index is -0.413. The zero-order chi connectivity index (χ0) is 28.5. The Hall–Kier alpha value is -3.45. The Morgan fingerprint density at radius 3 is 2.56 bits per heavy atom. The number of likely N-dealkylation sites (tertiary alicyclic amines) is 1. The van der Waals surface area contributed by atoms with E-state index in [1.54, 1.807) is 31.4 Å². The van der Waals surface area contributed by atoms with Crippen molar-refractivity contribution in [1.82, 2.24) is 20.1 Å². The molecule has 4 N–H and O–H groups in total. The molecular weight excluding hydrogens is 528 g/mol. The molecule has 0 unspecified atom stereocenters. The van der Waals surface area contributed by atoms with E-state index >= 15 is 0 Å². The molecule has 0 saturated carbocycles. The van der Waals surface area contributed by atoms with Crippen molar-refractivity contribution < 1.29 is 28.6 Å². The third-order valence-corrected chi connectivity index (χ3v) is 6.51. The first kappa shape index (κ1) is 30.1. The lowest BCUT2D eigenvalue weighted by atomic mass is 10.0. The van der Waals surface area contributed by atoms with Crippen molar-refractivity contribution in [2.75, 3.05) is 72.2 Å². The van der Waals surface area contributed by atoms with Crippen LogP contribution >= 0.6 is 11.6 Å². The van der Waals surface area contributed by atoms with Crippen molar-refractivity contribution in [2.24, 2.45) is 0 Å². The highest BCUT2D eigenvalue weighted by atomic mass is 35.5. The first-order valence-electron chi connectivity index (χ1n) is 12.4. The molecule has 2 atom stereocenters. The molecule has 1 aromatic carbocycles. The highest BCUT2D eigenvalue weighted by Crippen LogP contribution is 2.25. The number of piperidine rings is 1. The van der Waals surface area contributed by atoms with E-state index in [2.05, 4.69) is 15.6 Å². The van der Waals surface area contributed by atoms with Gasteiger partial charge in [0.1, 0.15) is 18.0 Å². The average Bonchev–Trinajstić information content (AvgIpc) is 2.90. The van der Waals surface area contributed by atoms with Crippen LogP contribution in [0.3, 0.4) is 0 Å². The van der Waals surface area contributed by atoms with E-state index in [0.717, 1.165) is 0 Å². The number of likely N-dealkylation sites (N-methyl/N-ethyl adjacent to an activating group) is 1. The number of halogens is 1. The summed E-state index contributed by atoms with van der Waals surface area (Å²) in [5.41, 5.74) is 6.85. The summed E-state index contributed by atoms with van der Waals surface area (Å²) in [5.74, 6) is -0.887. The van der Waals surface area contributed by atoms with E-state index in [1.165, 1.54) is 13.2 Å². The number of anilines is 2. The normalized spacial score (nSPS) is 17.5. The Labute approximate surface area is 232 Å². The third kappa shape index (κ3) is 8.52. The van der Waals surface area contributed by atoms with Gasteiger partial charge >= 0.3 is 5.97 Å². The molecule has 2 aromatic rings. The quantitative estimate of drug-likeness (QED) is 0.344. The lowest BCUT2D eigenvalue weighted by Crippen LogP contribution is -2.55. The summed E-state index contributed by atoms with van der Waals surface area (Å²) in [6.07, 6.45) is 0.206. The van der Waals surface area contributed by atoms with Crippen LogP contribution < -0.4 is 21.1 Å². The number of nitrogens with two attached hydrogens (primary N) is 1. The van der Waals surface area contributed by atoms with Crippen molar-refractivity contribution in [2.45, 2.75) is 18.6 Å². The molecule has 0 bridgehead atoms. The van der Waals surface area contributed by atoms with Crippen LogP contribution in [-0.2, 0) is 14.3 Å². The summed E-state index contributed by atoms with van der Waals surface area (Å²) in [6.45, 7) is 2.07. The summed E-state index contributed by atoms with van der Waals surface area (Å²) < 4.78 is 16.0. The van der Waals surface area contributed by atoms with E-state index in [1.807, 2.05) is 23.9 Å². The van der Waals surface area contributed by atoms with Gasteiger partial charge in [0.15, 0.2) is 0 Å².